The van der Waals surface area contributed by atoms with Crippen LogP contribution in [0.1, 0.15) is 48.0 Å². The molecule has 0 atom stereocenters. The Morgan fingerprint density at radius 2 is 1.85 bits per heavy atom. The molecule has 1 aromatic heterocycles. The molecule has 0 saturated heterocycles. The summed E-state index contributed by atoms with van der Waals surface area (Å²) in [5, 5.41) is 5.89. The predicted molar refractivity (Wildman–Crippen MR) is 100 cm³/mol. The van der Waals surface area contributed by atoms with Crippen molar-refractivity contribution in [1.82, 2.24) is 9.97 Å². The number of nitrogens with one attached hydrogen (secondary N) is 2. The molecule has 0 aliphatic rings. The lowest BCUT2D eigenvalue weighted by Crippen LogP contribution is -2.15. The number of anilines is 2. The minimum atomic E-state index is -0.392. The van der Waals surface area contributed by atoms with Crippen molar-refractivity contribution in [3.8, 4) is 0 Å². The van der Waals surface area contributed by atoms with E-state index in [0.29, 0.717) is 29.6 Å². The van der Waals surface area contributed by atoms with Gasteiger partial charge in [0.05, 0.1) is 24.6 Å². The molecular formula is C19H24N4O3. The van der Waals surface area contributed by atoms with Crippen LogP contribution in [0, 0.1) is 5.92 Å². The van der Waals surface area contributed by atoms with Crippen LogP contribution in [-0.2, 0) is 4.74 Å². The van der Waals surface area contributed by atoms with Crippen LogP contribution in [0.25, 0.3) is 0 Å². The summed E-state index contributed by atoms with van der Waals surface area (Å²) in [6, 6.07) is 6.47. The number of benzene rings is 1. The van der Waals surface area contributed by atoms with Crippen LogP contribution in [-0.4, -0.2) is 35.0 Å². The second-order valence-corrected chi connectivity index (χ2v) is 6.15. The van der Waals surface area contributed by atoms with E-state index in [-0.39, 0.29) is 11.6 Å². The fraction of sp³-hybridized carbons (Fsp3) is 0.368. The maximum atomic E-state index is 12.2. The summed E-state index contributed by atoms with van der Waals surface area (Å²) in [6.07, 6.45) is 4.00. The molecule has 26 heavy (non-hydrogen) atoms. The highest BCUT2D eigenvalue weighted by molar-refractivity contribution is 6.03. The number of hydrogen-bond acceptors (Lipinski definition) is 6. The van der Waals surface area contributed by atoms with E-state index < -0.39 is 5.97 Å². The van der Waals surface area contributed by atoms with Crippen molar-refractivity contribution in [2.45, 2.75) is 27.2 Å². The number of carbonyl (C=O) groups excluding carboxylic acids is 2. The van der Waals surface area contributed by atoms with Gasteiger partial charge in [0.15, 0.2) is 0 Å². The molecule has 0 bridgehead atoms. The van der Waals surface area contributed by atoms with Gasteiger partial charge in [-0.05, 0) is 43.5 Å². The predicted octanol–water partition coefficient (Wildman–Crippen LogP) is 3.36. The topological polar surface area (TPSA) is 93.2 Å². The van der Waals surface area contributed by atoms with E-state index in [0.717, 1.165) is 13.0 Å². The fourth-order valence-corrected chi connectivity index (χ4v) is 2.12. The lowest BCUT2D eigenvalue weighted by Gasteiger charge is -2.08. The maximum Gasteiger partial charge on any atom is 0.338 e. The van der Waals surface area contributed by atoms with Crippen LogP contribution in [0.5, 0.6) is 0 Å². The average Bonchev–Trinajstić information content (AvgIpc) is 2.63. The lowest BCUT2D eigenvalue weighted by molar-refractivity contribution is 0.0526. The minimum absolute atomic E-state index is 0.217. The third-order valence-corrected chi connectivity index (χ3v) is 3.57. The molecule has 0 fully saturated rings. The van der Waals surface area contributed by atoms with Gasteiger partial charge in [-0.3, -0.25) is 4.79 Å². The first-order valence-corrected chi connectivity index (χ1v) is 8.64. The summed E-state index contributed by atoms with van der Waals surface area (Å²) >= 11 is 0. The van der Waals surface area contributed by atoms with Crippen LogP contribution >= 0.6 is 0 Å². The fourth-order valence-electron chi connectivity index (χ4n) is 2.12. The first kappa shape index (κ1) is 19.4. The van der Waals surface area contributed by atoms with Gasteiger partial charge in [0.25, 0.3) is 5.91 Å². The summed E-state index contributed by atoms with van der Waals surface area (Å²) in [7, 11) is 0. The lowest BCUT2D eigenvalue weighted by atomic mass is 10.1. The number of ether oxygens (including phenoxy) is 1. The quantitative estimate of drug-likeness (QED) is 0.705. The van der Waals surface area contributed by atoms with Crippen LogP contribution in [0.3, 0.4) is 0 Å². The van der Waals surface area contributed by atoms with Gasteiger partial charge in [-0.1, -0.05) is 13.8 Å². The van der Waals surface area contributed by atoms with Crippen molar-refractivity contribution in [3.05, 3.63) is 47.9 Å². The summed E-state index contributed by atoms with van der Waals surface area (Å²) in [4.78, 5) is 32.2. The zero-order valence-corrected chi connectivity index (χ0v) is 15.3. The Morgan fingerprint density at radius 1 is 1.12 bits per heavy atom. The van der Waals surface area contributed by atoms with Gasteiger partial charge in [0, 0.05) is 12.2 Å². The Kier molecular flexibility index (Phi) is 7.08. The molecule has 0 aliphatic heterocycles. The average molecular weight is 356 g/mol. The van der Waals surface area contributed by atoms with Gasteiger partial charge < -0.3 is 15.4 Å². The van der Waals surface area contributed by atoms with Crippen molar-refractivity contribution in [2.24, 2.45) is 5.92 Å². The molecule has 1 amide bonds. The summed E-state index contributed by atoms with van der Waals surface area (Å²) in [5.41, 5.74) is 1.21. The van der Waals surface area contributed by atoms with Gasteiger partial charge in [-0.25, -0.2) is 14.8 Å². The SMILES string of the molecule is CCOC(=O)c1ccc(NC(=O)c2cnc(NCCC(C)C)cn2)cc1. The van der Waals surface area contributed by atoms with Gasteiger partial charge in [-0.2, -0.15) is 0 Å². The van der Waals surface area contributed by atoms with E-state index in [1.807, 2.05) is 0 Å². The molecular weight excluding hydrogens is 332 g/mol. The number of esters is 1. The van der Waals surface area contributed by atoms with Gasteiger partial charge in [0.2, 0.25) is 0 Å². The van der Waals surface area contributed by atoms with E-state index in [9.17, 15) is 9.59 Å². The smallest absolute Gasteiger partial charge is 0.338 e. The Bertz CT molecular complexity index is 727. The molecule has 0 spiro atoms. The highest BCUT2D eigenvalue weighted by Crippen LogP contribution is 2.12. The number of carbonyl (C=O) groups is 2. The van der Waals surface area contributed by atoms with Crippen LogP contribution in [0.2, 0.25) is 0 Å². The molecule has 7 nitrogen and oxygen atoms in total. The van der Waals surface area contributed by atoms with E-state index in [1.165, 1.54) is 6.20 Å². The Morgan fingerprint density at radius 3 is 2.42 bits per heavy atom. The molecule has 0 saturated carbocycles. The maximum absolute atomic E-state index is 12.2. The van der Waals surface area contributed by atoms with Crippen LogP contribution in [0.4, 0.5) is 11.5 Å². The summed E-state index contributed by atoms with van der Waals surface area (Å²) < 4.78 is 4.92. The number of nitrogens with zero attached hydrogens (tertiary/aromatic N) is 2. The Labute approximate surface area is 153 Å². The molecule has 0 aliphatic carbocycles. The van der Waals surface area contributed by atoms with Crippen molar-refractivity contribution in [2.75, 3.05) is 23.8 Å². The molecule has 138 valence electrons. The second kappa shape index (κ2) is 9.50. The molecule has 1 aromatic carbocycles. The number of hydrogen-bond donors (Lipinski definition) is 2. The van der Waals surface area contributed by atoms with E-state index in [2.05, 4.69) is 34.4 Å². The molecule has 7 heteroatoms. The monoisotopic (exact) mass is 356 g/mol. The summed E-state index contributed by atoms with van der Waals surface area (Å²) in [6.45, 7) is 7.18. The van der Waals surface area contributed by atoms with E-state index in [4.69, 9.17) is 4.74 Å². The Balaban J connectivity index is 1.91. The van der Waals surface area contributed by atoms with E-state index in [1.54, 1.807) is 37.4 Å². The largest absolute Gasteiger partial charge is 0.462 e. The van der Waals surface area contributed by atoms with Crippen molar-refractivity contribution >= 4 is 23.4 Å². The molecule has 2 N–H and O–H groups in total. The first-order valence-electron chi connectivity index (χ1n) is 8.64. The standard InChI is InChI=1S/C19H24N4O3/c1-4-26-19(25)14-5-7-15(8-6-14)23-18(24)16-11-22-17(12-21-16)20-10-9-13(2)3/h5-8,11-13H,4,9-10H2,1-3H3,(H,20,22)(H,23,24). The van der Waals surface area contributed by atoms with E-state index >= 15 is 0 Å². The molecule has 2 aromatic rings. The van der Waals surface area contributed by atoms with Crippen molar-refractivity contribution in [3.63, 3.8) is 0 Å². The number of aromatic nitrogens is 2. The molecule has 0 unspecified atom stereocenters. The molecule has 1 heterocycles. The van der Waals surface area contributed by atoms with Crippen LogP contribution in [0.15, 0.2) is 36.7 Å². The normalized spacial score (nSPS) is 10.5. The highest BCUT2D eigenvalue weighted by Gasteiger charge is 2.10. The van der Waals surface area contributed by atoms with Crippen molar-refractivity contribution < 1.29 is 14.3 Å². The van der Waals surface area contributed by atoms with Gasteiger partial charge in [0.1, 0.15) is 11.5 Å². The zero-order valence-electron chi connectivity index (χ0n) is 15.3. The first-order chi connectivity index (χ1) is 12.5. The van der Waals surface area contributed by atoms with Gasteiger partial charge >= 0.3 is 5.97 Å². The van der Waals surface area contributed by atoms with Gasteiger partial charge in [-0.15, -0.1) is 0 Å². The van der Waals surface area contributed by atoms with Crippen LogP contribution < -0.4 is 10.6 Å². The Hall–Kier alpha value is -2.96. The summed E-state index contributed by atoms with van der Waals surface area (Å²) in [5.74, 6) is 0.489. The number of rotatable bonds is 8. The third kappa shape index (κ3) is 5.84. The third-order valence-electron chi connectivity index (χ3n) is 3.57. The minimum Gasteiger partial charge on any atom is -0.462 e. The number of amides is 1. The van der Waals surface area contributed by atoms with Crippen molar-refractivity contribution in [1.29, 1.82) is 0 Å². The second-order valence-electron chi connectivity index (χ2n) is 6.15. The molecule has 0 radical (unpaired) electrons. The highest BCUT2D eigenvalue weighted by atomic mass is 16.5. The zero-order chi connectivity index (χ0) is 18.9. The molecule has 2 rings (SSSR count).